The summed E-state index contributed by atoms with van der Waals surface area (Å²) in [4.78, 5) is 18.3. The number of pyridine rings is 1. The van der Waals surface area contributed by atoms with Crippen molar-refractivity contribution < 1.29 is 13.2 Å². The van der Waals surface area contributed by atoms with Gasteiger partial charge < -0.3 is 10.6 Å². The number of carbonyl (C=O) groups is 1. The van der Waals surface area contributed by atoms with Crippen LogP contribution in [-0.2, 0) is 16.4 Å². The molecule has 0 aliphatic carbocycles. The zero-order valence-electron chi connectivity index (χ0n) is 14.2. The molecule has 0 saturated carbocycles. The summed E-state index contributed by atoms with van der Waals surface area (Å²) in [5.74, 6) is 0.0553. The van der Waals surface area contributed by atoms with Gasteiger partial charge in [-0.15, -0.1) is 0 Å². The predicted molar refractivity (Wildman–Crippen MR) is 105 cm³/mol. The SMILES string of the molecule is NC(=O)c1ccc2nc(N3CCS(=O)(=O)c4ccccc4C3)cc(Cl)c2c1. The first-order chi connectivity index (χ1) is 12.8. The molecule has 1 amide bonds. The van der Waals surface area contributed by atoms with E-state index in [4.69, 9.17) is 17.3 Å². The average Bonchev–Trinajstić information content (AvgIpc) is 2.78. The number of fused-ring (bicyclic) bond motifs is 2. The lowest BCUT2D eigenvalue weighted by Gasteiger charge is -2.22. The molecule has 0 radical (unpaired) electrons. The maximum atomic E-state index is 12.5. The molecule has 0 atom stereocenters. The molecule has 0 unspecified atom stereocenters. The third-order valence-electron chi connectivity index (χ3n) is 4.65. The summed E-state index contributed by atoms with van der Waals surface area (Å²) in [6.07, 6.45) is 0. The molecule has 2 N–H and O–H groups in total. The molecule has 8 heteroatoms. The Morgan fingerprint density at radius 2 is 1.93 bits per heavy atom. The number of aromatic nitrogens is 1. The monoisotopic (exact) mass is 401 g/mol. The minimum Gasteiger partial charge on any atom is -0.366 e. The molecule has 2 aromatic carbocycles. The summed E-state index contributed by atoms with van der Waals surface area (Å²) in [5, 5.41) is 1.05. The number of primary amides is 1. The van der Waals surface area contributed by atoms with Crippen molar-refractivity contribution >= 4 is 44.1 Å². The molecular weight excluding hydrogens is 386 g/mol. The molecule has 0 saturated heterocycles. The van der Waals surface area contributed by atoms with Crippen LogP contribution >= 0.6 is 11.6 Å². The van der Waals surface area contributed by atoms with E-state index in [0.717, 1.165) is 5.56 Å². The van der Waals surface area contributed by atoms with E-state index in [1.165, 1.54) is 0 Å². The molecule has 3 aromatic rings. The lowest BCUT2D eigenvalue weighted by atomic mass is 10.1. The highest BCUT2D eigenvalue weighted by Gasteiger charge is 2.26. The number of hydrogen-bond acceptors (Lipinski definition) is 5. The third-order valence-corrected chi connectivity index (χ3v) is 6.75. The zero-order valence-corrected chi connectivity index (χ0v) is 15.8. The van der Waals surface area contributed by atoms with E-state index in [1.54, 1.807) is 36.4 Å². The molecular formula is C19H16ClN3O3S. The van der Waals surface area contributed by atoms with E-state index >= 15 is 0 Å². The van der Waals surface area contributed by atoms with Crippen molar-refractivity contribution in [3.05, 3.63) is 64.7 Å². The normalized spacial score (nSPS) is 16.0. The van der Waals surface area contributed by atoms with Crippen LogP contribution in [0.5, 0.6) is 0 Å². The number of amides is 1. The second-order valence-electron chi connectivity index (χ2n) is 6.41. The van der Waals surface area contributed by atoms with Gasteiger partial charge in [0.15, 0.2) is 9.84 Å². The van der Waals surface area contributed by atoms with Crippen LogP contribution in [0.3, 0.4) is 0 Å². The molecule has 1 aromatic heterocycles. The van der Waals surface area contributed by atoms with E-state index in [0.29, 0.717) is 45.3 Å². The van der Waals surface area contributed by atoms with Gasteiger partial charge in [0.25, 0.3) is 0 Å². The van der Waals surface area contributed by atoms with Crippen molar-refractivity contribution in [3.63, 3.8) is 0 Å². The van der Waals surface area contributed by atoms with Gasteiger partial charge in [0.2, 0.25) is 5.91 Å². The molecule has 138 valence electrons. The Bertz CT molecular complexity index is 1180. The summed E-state index contributed by atoms with van der Waals surface area (Å²) in [6.45, 7) is 0.731. The fraction of sp³-hybridized carbons (Fsp3) is 0.158. The minimum absolute atomic E-state index is 0.00195. The Morgan fingerprint density at radius 3 is 2.70 bits per heavy atom. The lowest BCUT2D eigenvalue weighted by molar-refractivity contribution is 0.100. The number of anilines is 1. The molecule has 1 aliphatic heterocycles. The number of nitrogens with zero attached hydrogens (tertiary/aromatic N) is 2. The van der Waals surface area contributed by atoms with Gasteiger partial charge >= 0.3 is 0 Å². The van der Waals surface area contributed by atoms with Crippen molar-refractivity contribution in [1.29, 1.82) is 0 Å². The van der Waals surface area contributed by atoms with Crippen molar-refractivity contribution in [2.75, 3.05) is 17.2 Å². The van der Waals surface area contributed by atoms with Crippen LogP contribution in [-0.4, -0.2) is 31.6 Å². The van der Waals surface area contributed by atoms with E-state index in [2.05, 4.69) is 4.98 Å². The number of rotatable bonds is 2. The molecule has 27 heavy (non-hydrogen) atoms. The minimum atomic E-state index is -3.34. The van der Waals surface area contributed by atoms with Gasteiger partial charge in [-0.3, -0.25) is 4.79 Å². The topological polar surface area (TPSA) is 93.4 Å². The molecule has 0 spiro atoms. The van der Waals surface area contributed by atoms with Gasteiger partial charge in [0.05, 0.1) is 21.2 Å². The number of benzene rings is 2. The van der Waals surface area contributed by atoms with Crippen LogP contribution in [0.15, 0.2) is 53.4 Å². The Balaban J connectivity index is 1.79. The van der Waals surface area contributed by atoms with Gasteiger partial charge in [0, 0.05) is 24.0 Å². The number of sulfone groups is 1. The summed E-state index contributed by atoms with van der Waals surface area (Å²) in [6, 6.07) is 13.6. The largest absolute Gasteiger partial charge is 0.366 e. The summed E-state index contributed by atoms with van der Waals surface area (Å²) < 4.78 is 25.1. The second-order valence-corrected chi connectivity index (χ2v) is 8.89. The van der Waals surface area contributed by atoms with Gasteiger partial charge in [-0.25, -0.2) is 13.4 Å². The quantitative estimate of drug-likeness (QED) is 0.712. The molecule has 4 rings (SSSR count). The first-order valence-corrected chi connectivity index (χ1v) is 10.3. The maximum Gasteiger partial charge on any atom is 0.248 e. The number of halogens is 1. The molecule has 2 heterocycles. The van der Waals surface area contributed by atoms with E-state index in [9.17, 15) is 13.2 Å². The van der Waals surface area contributed by atoms with Crippen LogP contribution in [0, 0.1) is 0 Å². The molecule has 1 aliphatic rings. The van der Waals surface area contributed by atoms with Gasteiger partial charge in [-0.1, -0.05) is 29.8 Å². The van der Waals surface area contributed by atoms with E-state index in [-0.39, 0.29) is 5.75 Å². The van der Waals surface area contributed by atoms with E-state index < -0.39 is 15.7 Å². The highest BCUT2D eigenvalue weighted by Crippen LogP contribution is 2.30. The van der Waals surface area contributed by atoms with Gasteiger partial charge in [-0.05, 0) is 35.9 Å². The lowest BCUT2D eigenvalue weighted by Crippen LogP contribution is -2.26. The average molecular weight is 402 g/mol. The van der Waals surface area contributed by atoms with Crippen LogP contribution in [0.1, 0.15) is 15.9 Å². The van der Waals surface area contributed by atoms with Gasteiger partial charge in [0.1, 0.15) is 5.82 Å². The fourth-order valence-electron chi connectivity index (χ4n) is 3.25. The van der Waals surface area contributed by atoms with Crippen molar-refractivity contribution in [2.45, 2.75) is 11.4 Å². The highest BCUT2D eigenvalue weighted by molar-refractivity contribution is 7.91. The van der Waals surface area contributed by atoms with Crippen molar-refractivity contribution in [3.8, 4) is 0 Å². The van der Waals surface area contributed by atoms with Crippen molar-refractivity contribution in [2.24, 2.45) is 5.73 Å². The predicted octanol–water partition coefficient (Wildman–Crippen LogP) is 2.78. The van der Waals surface area contributed by atoms with Crippen molar-refractivity contribution in [1.82, 2.24) is 4.98 Å². The third kappa shape index (κ3) is 3.24. The number of nitrogens with two attached hydrogens (primary N) is 1. The Hall–Kier alpha value is -2.64. The number of hydrogen-bond donors (Lipinski definition) is 1. The second kappa shape index (κ2) is 6.51. The molecule has 0 bridgehead atoms. The summed E-state index contributed by atoms with van der Waals surface area (Å²) in [7, 11) is -3.34. The Kier molecular flexibility index (Phi) is 4.28. The number of carbonyl (C=O) groups excluding carboxylic acids is 1. The smallest absolute Gasteiger partial charge is 0.248 e. The fourth-order valence-corrected chi connectivity index (χ4v) is 4.99. The first kappa shape index (κ1) is 17.8. The maximum absolute atomic E-state index is 12.5. The standard InChI is InChI=1S/C19H16ClN3O3S/c20-15-10-18(22-16-6-5-12(19(21)24)9-14(15)16)23-7-8-27(25,26)17-4-2-1-3-13(17)11-23/h1-6,9-10H,7-8,11H2,(H2,21,24). The van der Waals surface area contributed by atoms with E-state index in [1.807, 2.05) is 17.0 Å². The Morgan fingerprint density at radius 1 is 1.15 bits per heavy atom. The summed E-state index contributed by atoms with van der Waals surface area (Å²) in [5.41, 5.74) is 7.02. The van der Waals surface area contributed by atoms with Crippen LogP contribution < -0.4 is 10.6 Å². The van der Waals surface area contributed by atoms with Crippen LogP contribution in [0.25, 0.3) is 10.9 Å². The zero-order chi connectivity index (χ0) is 19.2. The highest BCUT2D eigenvalue weighted by atomic mass is 35.5. The molecule has 6 nitrogen and oxygen atoms in total. The van der Waals surface area contributed by atoms with Crippen LogP contribution in [0.2, 0.25) is 5.02 Å². The first-order valence-electron chi connectivity index (χ1n) is 8.31. The van der Waals surface area contributed by atoms with Crippen LogP contribution in [0.4, 0.5) is 5.82 Å². The molecule has 0 fully saturated rings. The van der Waals surface area contributed by atoms with Gasteiger partial charge in [-0.2, -0.15) is 0 Å². The Labute approximate surface area is 161 Å². The summed E-state index contributed by atoms with van der Waals surface area (Å²) >= 11 is 6.42.